The van der Waals surface area contributed by atoms with Crippen molar-refractivity contribution < 1.29 is 41.3 Å². The summed E-state index contributed by atoms with van der Waals surface area (Å²) in [5.74, 6) is 0. The molecule has 0 bridgehead atoms. The number of aliphatic hydroxyl groups excluding tert-OH is 2. The van der Waals surface area contributed by atoms with Gasteiger partial charge in [-0.3, -0.25) is 0 Å². The molecule has 3 heteroatoms. The van der Waals surface area contributed by atoms with E-state index in [1.54, 1.807) is 18.6 Å². The average molecular weight is 403 g/mol. The van der Waals surface area contributed by atoms with E-state index in [1.807, 2.05) is 0 Å². The third kappa shape index (κ3) is 3.36. The van der Waals surface area contributed by atoms with Crippen molar-refractivity contribution >= 4 is 0 Å². The van der Waals surface area contributed by atoms with Crippen molar-refractivity contribution in [3.05, 3.63) is 42.9 Å². The van der Waals surface area contributed by atoms with E-state index >= 15 is 0 Å². The second kappa shape index (κ2) is 5.72. The molecule has 0 spiro atoms. The molecule has 0 heterocycles. The first-order valence-corrected chi connectivity index (χ1v) is 3.86. The largest absolute Gasteiger partial charge is 0.403 e. The summed E-state index contributed by atoms with van der Waals surface area (Å²) in [6.07, 6.45) is 4.26. The Hall–Kier alpha value is 0.0619. The number of allylic oxidation sites excluding steroid dienone is 2. The van der Waals surface area contributed by atoms with Gasteiger partial charge in [-0.1, -0.05) is 6.58 Å². The third-order valence-corrected chi connectivity index (χ3v) is 1.94. The van der Waals surface area contributed by atoms with Crippen molar-refractivity contribution in [1.29, 1.82) is 0 Å². The molecule has 1 aliphatic carbocycles. The Balaban J connectivity index is 0.00000144. The molecule has 13 heavy (non-hydrogen) atoms. The molecule has 2 nitrogen and oxygen atoms in total. The Morgan fingerprint density at radius 3 is 2.54 bits per heavy atom. The Morgan fingerprint density at radius 1 is 1.46 bits per heavy atom. The first-order chi connectivity index (χ1) is 5.65. The summed E-state index contributed by atoms with van der Waals surface area (Å²) in [5.41, 5.74) is 1.37. The molecule has 0 saturated heterocycles. The van der Waals surface area contributed by atoms with Gasteiger partial charge in [0, 0.05) is 37.2 Å². The molecule has 70 valence electrons. The Kier molecular flexibility index (Phi) is 5.75. The molecule has 0 aliphatic heterocycles. The van der Waals surface area contributed by atoms with Crippen LogP contribution in [0.4, 0.5) is 0 Å². The van der Waals surface area contributed by atoms with Gasteiger partial charge in [0.2, 0.25) is 0 Å². The summed E-state index contributed by atoms with van der Waals surface area (Å²) in [6.45, 7) is 7.13. The van der Waals surface area contributed by atoms with Gasteiger partial charge in [-0.15, -0.1) is 6.58 Å². The number of aliphatic hydroxyl groups is 2. The summed E-state index contributed by atoms with van der Waals surface area (Å²) in [6, 6.07) is 0. The van der Waals surface area contributed by atoms with Crippen LogP contribution in [-0.2, 0) is 0 Å². The van der Waals surface area contributed by atoms with Gasteiger partial charge in [-0.05, 0) is 12.0 Å². The van der Waals surface area contributed by atoms with E-state index in [2.05, 4.69) is 13.2 Å². The zero-order chi connectivity index (χ0) is 9.14. The summed E-state index contributed by atoms with van der Waals surface area (Å²) < 4.78 is 0. The Morgan fingerprint density at radius 2 is 2.08 bits per heavy atom. The minimum Gasteiger partial charge on any atom is -0.403 e. The van der Waals surface area contributed by atoms with Crippen LogP contribution in [0.15, 0.2) is 36.5 Å². The normalized spacial score (nSPS) is 30.6. The van der Waals surface area contributed by atoms with Gasteiger partial charge in [0.25, 0.3) is 0 Å². The fourth-order valence-electron chi connectivity index (χ4n) is 1.20. The quantitative estimate of drug-likeness (QED) is 0.507. The van der Waals surface area contributed by atoms with Crippen LogP contribution in [0.5, 0.6) is 0 Å². The summed E-state index contributed by atoms with van der Waals surface area (Å²) in [7, 11) is 0. The topological polar surface area (TPSA) is 40.5 Å². The number of hydrogen-bond donors (Lipinski definition) is 2. The van der Waals surface area contributed by atoms with Crippen LogP contribution in [0, 0.1) is 37.5 Å². The summed E-state index contributed by atoms with van der Waals surface area (Å²) in [4.78, 5) is 0. The molecular formula is C10H13O2U-. The zero-order valence-electron chi connectivity index (χ0n) is 7.40. The van der Waals surface area contributed by atoms with Gasteiger partial charge in [0.05, 0.1) is 6.10 Å². The van der Waals surface area contributed by atoms with Gasteiger partial charge in [0.15, 0.2) is 0 Å². The van der Waals surface area contributed by atoms with E-state index < -0.39 is 12.2 Å². The second-order valence-corrected chi connectivity index (χ2v) is 2.88. The number of hydrogen-bond acceptors (Lipinski definition) is 2. The Bertz CT molecular complexity index is 217. The van der Waals surface area contributed by atoms with Crippen molar-refractivity contribution in [1.82, 2.24) is 0 Å². The van der Waals surface area contributed by atoms with Crippen molar-refractivity contribution in [2.75, 3.05) is 0 Å². The van der Waals surface area contributed by atoms with Gasteiger partial charge in [-0.25, -0.2) is 11.6 Å². The number of rotatable bonds is 1. The first-order valence-electron chi connectivity index (χ1n) is 3.86. The smallest absolute Gasteiger partial charge is 0.0771 e. The molecule has 1 saturated carbocycles. The van der Waals surface area contributed by atoms with Crippen molar-refractivity contribution in [3.8, 4) is 0 Å². The molecule has 2 N–H and O–H groups in total. The maximum Gasteiger partial charge on any atom is 0.0771 e. The first kappa shape index (κ1) is 13.1. The molecule has 1 rings (SSSR count). The van der Waals surface area contributed by atoms with Gasteiger partial charge >= 0.3 is 0 Å². The molecule has 0 aromatic rings. The molecular weight excluding hydrogens is 390 g/mol. The van der Waals surface area contributed by atoms with E-state index in [-0.39, 0.29) is 31.1 Å². The van der Waals surface area contributed by atoms with Crippen LogP contribution < -0.4 is 0 Å². The van der Waals surface area contributed by atoms with Crippen LogP contribution in [0.1, 0.15) is 6.42 Å². The van der Waals surface area contributed by atoms with E-state index in [0.717, 1.165) is 5.57 Å². The molecule has 0 radical (unpaired) electrons. The standard InChI is InChI=1S/C10H13O2.U/c1-3-4-8-5-9(11)7(2)10(12)6-8;/h3-5,9-12H,1-2,6H2;/q-1;/b8-4+;/t9-,10-;/m1./s1. The van der Waals surface area contributed by atoms with Crippen LogP contribution in [0.3, 0.4) is 0 Å². The van der Waals surface area contributed by atoms with Crippen molar-refractivity contribution in [3.63, 3.8) is 0 Å². The molecule has 0 unspecified atom stereocenters. The van der Waals surface area contributed by atoms with E-state index in [0.29, 0.717) is 12.0 Å². The van der Waals surface area contributed by atoms with Gasteiger partial charge in [0.1, 0.15) is 0 Å². The predicted octanol–water partition coefficient (Wildman–Crippen LogP) is 0.985. The van der Waals surface area contributed by atoms with Crippen LogP contribution in [0.2, 0.25) is 0 Å². The second-order valence-electron chi connectivity index (χ2n) is 2.88. The maximum absolute atomic E-state index is 9.39. The zero-order valence-corrected chi connectivity index (χ0v) is 11.6. The average Bonchev–Trinajstić information content (AvgIpc) is 2.01. The molecule has 1 fully saturated rings. The Labute approximate surface area is 102 Å². The third-order valence-electron chi connectivity index (χ3n) is 1.94. The molecule has 1 aliphatic rings. The molecule has 2 atom stereocenters. The minimum absolute atomic E-state index is 0. The fraction of sp³-hybridized carbons (Fsp3) is 0.300. The monoisotopic (exact) mass is 403 g/mol. The van der Waals surface area contributed by atoms with Gasteiger partial charge < -0.3 is 10.2 Å². The minimum atomic E-state index is -0.722. The van der Waals surface area contributed by atoms with E-state index in [9.17, 15) is 10.2 Å². The van der Waals surface area contributed by atoms with E-state index in [4.69, 9.17) is 0 Å². The maximum atomic E-state index is 9.39. The van der Waals surface area contributed by atoms with Gasteiger partial charge in [-0.2, -0.15) is 12.5 Å². The predicted molar refractivity (Wildman–Crippen MR) is 48.4 cm³/mol. The van der Waals surface area contributed by atoms with Crippen LogP contribution in [0.25, 0.3) is 0 Å². The van der Waals surface area contributed by atoms with Crippen molar-refractivity contribution in [2.24, 2.45) is 0 Å². The van der Waals surface area contributed by atoms with Crippen molar-refractivity contribution in [2.45, 2.75) is 18.6 Å². The molecule has 0 amide bonds. The molecule has 0 aromatic carbocycles. The SMILES string of the molecule is C=C/C=C1\[CH-][C@@H](O)C(=C)[C@H](O)C1.[U]. The fourth-order valence-corrected chi connectivity index (χ4v) is 1.20. The van der Waals surface area contributed by atoms with E-state index in [1.165, 1.54) is 0 Å². The summed E-state index contributed by atoms with van der Waals surface area (Å²) in [5, 5.41) is 18.7. The molecule has 0 aromatic heterocycles. The van der Waals surface area contributed by atoms with Crippen LogP contribution >= 0.6 is 0 Å². The van der Waals surface area contributed by atoms with Crippen LogP contribution in [-0.4, -0.2) is 22.4 Å². The summed E-state index contributed by atoms with van der Waals surface area (Å²) >= 11 is 0.